The molecule has 0 aromatic carbocycles. The first kappa shape index (κ1) is 10.2. The van der Waals surface area contributed by atoms with Crippen molar-refractivity contribution in [3.05, 3.63) is 20.3 Å². The lowest BCUT2D eigenvalue weighted by molar-refractivity contribution is 0.0695. The van der Waals surface area contributed by atoms with E-state index < -0.39 is 0 Å². The van der Waals surface area contributed by atoms with Crippen molar-refractivity contribution >= 4 is 33.2 Å². The number of thiophene rings is 1. The van der Waals surface area contributed by atoms with E-state index in [0.717, 1.165) is 21.6 Å². The molecule has 1 aromatic rings. The molecule has 0 aliphatic carbocycles. The Kier molecular flexibility index (Phi) is 2.66. The van der Waals surface area contributed by atoms with Gasteiger partial charge < -0.3 is 4.90 Å². The van der Waals surface area contributed by atoms with E-state index in [0.29, 0.717) is 6.04 Å². The molecule has 0 bridgehead atoms. The van der Waals surface area contributed by atoms with E-state index >= 15 is 0 Å². The molecular weight excluding hydrogens is 262 g/mol. The Labute approximate surface area is 96.0 Å². The van der Waals surface area contributed by atoms with E-state index in [1.54, 1.807) is 11.3 Å². The first-order chi connectivity index (χ1) is 6.59. The molecule has 0 N–H and O–H groups in total. The molecule has 2 rings (SSSR count). The quantitative estimate of drug-likeness (QED) is 0.771. The highest BCUT2D eigenvalue weighted by Crippen LogP contribution is 2.31. The number of hydrogen-bond donors (Lipinski definition) is 0. The molecule has 1 aliphatic rings. The zero-order valence-electron chi connectivity index (χ0n) is 8.21. The fraction of sp³-hybridized carbons (Fsp3) is 0.500. The molecule has 0 atom stereocenters. The Morgan fingerprint density at radius 1 is 1.57 bits per heavy atom. The first-order valence-corrected chi connectivity index (χ1v) is 6.29. The number of halogens is 1. The molecule has 0 radical (unpaired) electrons. The fourth-order valence-electron chi connectivity index (χ4n) is 1.73. The summed E-state index contributed by atoms with van der Waals surface area (Å²) in [5, 5.41) is 0. The highest BCUT2D eigenvalue weighted by Gasteiger charge is 2.27. The summed E-state index contributed by atoms with van der Waals surface area (Å²) < 4.78 is 1.06. The van der Waals surface area contributed by atoms with Gasteiger partial charge in [-0.15, -0.1) is 11.3 Å². The number of rotatable bonds is 1. The van der Waals surface area contributed by atoms with E-state index in [2.05, 4.69) is 35.8 Å². The normalized spacial score (nSPS) is 16.3. The Hall–Kier alpha value is -0.350. The van der Waals surface area contributed by atoms with Gasteiger partial charge in [0.15, 0.2) is 0 Å². The monoisotopic (exact) mass is 273 g/mol. The van der Waals surface area contributed by atoms with Crippen LogP contribution in [0.5, 0.6) is 0 Å². The predicted octanol–water partition coefficient (Wildman–Crippen LogP) is 2.92. The van der Waals surface area contributed by atoms with E-state index in [1.165, 1.54) is 5.56 Å². The van der Waals surface area contributed by atoms with Crippen molar-refractivity contribution in [1.82, 2.24) is 4.90 Å². The lowest BCUT2D eigenvalue weighted by Gasteiger charge is -2.30. The highest BCUT2D eigenvalue weighted by atomic mass is 79.9. The molecule has 0 spiro atoms. The van der Waals surface area contributed by atoms with Crippen LogP contribution < -0.4 is 0 Å². The van der Waals surface area contributed by atoms with Crippen molar-refractivity contribution < 1.29 is 4.79 Å². The van der Waals surface area contributed by atoms with Crippen LogP contribution in [0.2, 0.25) is 0 Å². The number of amides is 1. The van der Waals surface area contributed by atoms with Gasteiger partial charge in [0.2, 0.25) is 0 Å². The average molecular weight is 274 g/mol. The summed E-state index contributed by atoms with van der Waals surface area (Å²) in [7, 11) is 0. The highest BCUT2D eigenvalue weighted by molar-refractivity contribution is 9.11. The zero-order valence-corrected chi connectivity index (χ0v) is 10.6. The SMILES string of the molecule is CC(C)N1CCc2cc(Br)sc2C1=O. The standard InChI is InChI=1S/C10H12BrNOS/c1-6(2)12-4-3-7-5-8(11)14-9(7)10(12)13/h5-6H,3-4H2,1-2H3. The van der Waals surface area contributed by atoms with Gasteiger partial charge in [-0.25, -0.2) is 0 Å². The lowest BCUT2D eigenvalue weighted by Crippen LogP contribution is -2.41. The van der Waals surface area contributed by atoms with Crippen LogP contribution in [0, 0.1) is 0 Å². The molecule has 0 saturated heterocycles. The zero-order chi connectivity index (χ0) is 10.3. The van der Waals surface area contributed by atoms with Crippen molar-refractivity contribution in [2.45, 2.75) is 26.3 Å². The van der Waals surface area contributed by atoms with Crippen LogP contribution in [0.25, 0.3) is 0 Å². The van der Waals surface area contributed by atoms with Gasteiger partial charge in [0.05, 0.1) is 8.66 Å². The third-order valence-electron chi connectivity index (χ3n) is 2.48. The lowest BCUT2D eigenvalue weighted by atomic mass is 10.1. The average Bonchev–Trinajstić information content (AvgIpc) is 2.46. The molecule has 0 unspecified atom stereocenters. The number of carbonyl (C=O) groups excluding carboxylic acids is 1. The second-order valence-corrected chi connectivity index (χ2v) is 6.18. The van der Waals surface area contributed by atoms with Crippen molar-refractivity contribution in [1.29, 1.82) is 0 Å². The summed E-state index contributed by atoms with van der Waals surface area (Å²) in [5.74, 6) is 0.192. The summed E-state index contributed by atoms with van der Waals surface area (Å²) in [6.45, 7) is 4.98. The first-order valence-electron chi connectivity index (χ1n) is 4.68. The number of hydrogen-bond acceptors (Lipinski definition) is 2. The summed E-state index contributed by atoms with van der Waals surface area (Å²) in [4.78, 5) is 14.8. The Morgan fingerprint density at radius 2 is 2.29 bits per heavy atom. The molecule has 4 heteroatoms. The van der Waals surface area contributed by atoms with Crippen LogP contribution in [-0.4, -0.2) is 23.4 Å². The molecular formula is C10H12BrNOS. The van der Waals surface area contributed by atoms with Gasteiger partial charge in [0.25, 0.3) is 5.91 Å². The van der Waals surface area contributed by atoms with E-state index in [-0.39, 0.29) is 5.91 Å². The third kappa shape index (κ3) is 1.61. The minimum absolute atomic E-state index is 0.192. The molecule has 1 aliphatic heterocycles. The van der Waals surface area contributed by atoms with Crippen molar-refractivity contribution in [2.24, 2.45) is 0 Å². The van der Waals surface area contributed by atoms with Gasteiger partial charge in [-0.2, -0.15) is 0 Å². The van der Waals surface area contributed by atoms with Crippen LogP contribution in [0.3, 0.4) is 0 Å². The van der Waals surface area contributed by atoms with Crippen molar-refractivity contribution in [3.63, 3.8) is 0 Å². The molecule has 1 amide bonds. The molecule has 76 valence electrons. The Balaban J connectivity index is 2.36. The number of fused-ring (bicyclic) bond motifs is 1. The topological polar surface area (TPSA) is 20.3 Å². The summed E-state index contributed by atoms with van der Waals surface area (Å²) in [6, 6.07) is 2.37. The Morgan fingerprint density at radius 3 is 2.93 bits per heavy atom. The molecule has 14 heavy (non-hydrogen) atoms. The van der Waals surface area contributed by atoms with E-state index in [1.807, 2.05) is 4.90 Å². The van der Waals surface area contributed by atoms with Crippen molar-refractivity contribution in [2.75, 3.05) is 6.54 Å². The van der Waals surface area contributed by atoms with Crippen LogP contribution >= 0.6 is 27.3 Å². The number of nitrogens with zero attached hydrogens (tertiary/aromatic N) is 1. The van der Waals surface area contributed by atoms with E-state index in [4.69, 9.17) is 0 Å². The van der Waals surface area contributed by atoms with Crippen LogP contribution in [0.15, 0.2) is 9.85 Å². The largest absolute Gasteiger partial charge is 0.335 e. The smallest absolute Gasteiger partial charge is 0.264 e. The van der Waals surface area contributed by atoms with Gasteiger partial charge in [-0.3, -0.25) is 4.79 Å². The van der Waals surface area contributed by atoms with Crippen LogP contribution in [-0.2, 0) is 6.42 Å². The predicted molar refractivity (Wildman–Crippen MR) is 61.9 cm³/mol. The summed E-state index contributed by atoms with van der Waals surface area (Å²) in [6.07, 6.45) is 0.987. The van der Waals surface area contributed by atoms with Crippen LogP contribution in [0.4, 0.5) is 0 Å². The molecule has 2 nitrogen and oxygen atoms in total. The summed E-state index contributed by atoms with van der Waals surface area (Å²) in [5.41, 5.74) is 1.20. The van der Waals surface area contributed by atoms with Crippen molar-refractivity contribution in [3.8, 4) is 0 Å². The maximum atomic E-state index is 12.0. The van der Waals surface area contributed by atoms with Crippen LogP contribution in [0.1, 0.15) is 29.1 Å². The second kappa shape index (κ2) is 3.66. The minimum atomic E-state index is 0.192. The van der Waals surface area contributed by atoms with Gasteiger partial charge in [-0.05, 0) is 47.8 Å². The maximum absolute atomic E-state index is 12.0. The van der Waals surface area contributed by atoms with Gasteiger partial charge in [0, 0.05) is 12.6 Å². The van der Waals surface area contributed by atoms with Gasteiger partial charge >= 0.3 is 0 Å². The third-order valence-corrected chi connectivity index (χ3v) is 4.15. The maximum Gasteiger partial charge on any atom is 0.264 e. The summed E-state index contributed by atoms with van der Waals surface area (Å²) >= 11 is 4.97. The molecule has 0 saturated carbocycles. The Bertz CT molecular complexity index is 372. The van der Waals surface area contributed by atoms with Gasteiger partial charge in [0.1, 0.15) is 0 Å². The molecule has 0 fully saturated rings. The van der Waals surface area contributed by atoms with E-state index in [9.17, 15) is 4.79 Å². The molecule has 2 heterocycles. The minimum Gasteiger partial charge on any atom is -0.335 e. The van der Waals surface area contributed by atoms with Gasteiger partial charge in [-0.1, -0.05) is 0 Å². The fourth-order valence-corrected chi connectivity index (χ4v) is 3.38. The molecule has 1 aromatic heterocycles. The number of carbonyl (C=O) groups is 1. The second-order valence-electron chi connectivity index (χ2n) is 3.75.